The van der Waals surface area contributed by atoms with Gasteiger partial charge in [-0.3, -0.25) is 4.79 Å². The van der Waals surface area contributed by atoms with E-state index in [1.165, 1.54) is 70.6 Å². The highest BCUT2D eigenvalue weighted by atomic mass is 16.5. The van der Waals surface area contributed by atoms with Crippen LogP contribution < -0.4 is 4.74 Å². The number of ether oxygens (including phenoxy) is 1. The largest absolute Gasteiger partial charge is 0.497 e. The van der Waals surface area contributed by atoms with E-state index in [1.807, 2.05) is 23.1 Å². The number of aromatic amines is 1. The molecule has 1 atom stereocenters. The van der Waals surface area contributed by atoms with Crippen LogP contribution in [0.2, 0.25) is 0 Å². The lowest BCUT2D eigenvalue weighted by atomic mass is 10.0. The number of likely N-dealkylation sites (tertiary alicyclic amines) is 1. The van der Waals surface area contributed by atoms with Crippen molar-refractivity contribution in [1.29, 1.82) is 0 Å². The molecule has 2 aromatic rings. The second-order valence-corrected chi connectivity index (χ2v) is 10.00. The third-order valence-corrected chi connectivity index (χ3v) is 7.28. The minimum absolute atomic E-state index is 0.113. The Hall–Kier alpha value is -1.97. The maximum Gasteiger partial charge on any atom is 0.222 e. The molecule has 4 nitrogen and oxygen atoms in total. The number of carbonyl (C=O) groups excluding carboxylic acids is 1. The number of carbonyl (C=O) groups is 1. The molecule has 4 heteroatoms. The smallest absolute Gasteiger partial charge is 0.222 e. The van der Waals surface area contributed by atoms with Gasteiger partial charge in [-0.05, 0) is 49.4 Å². The molecule has 1 saturated heterocycles. The van der Waals surface area contributed by atoms with Gasteiger partial charge in [0, 0.05) is 38.8 Å². The molecule has 0 radical (unpaired) electrons. The summed E-state index contributed by atoms with van der Waals surface area (Å²) in [6, 6.07) is 5.25. The standard InChI is InChI=1S/C30H48N2O2/c1-3-4-5-6-7-8-9-10-11-12-13-14-15-18-30(33)32-21-16-17-26(32)22-25-24-31-29-20-19-27(34-2)23-28(25)29/h19-20,23-24,26,31H,3-18,21-22H2,1-2H3/t26-/m1/s1/i22D2. The molecule has 1 aliphatic heterocycles. The molecular formula is C30H48N2O2. The van der Waals surface area contributed by atoms with Gasteiger partial charge in [-0.2, -0.15) is 0 Å². The monoisotopic (exact) mass is 470 g/mol. The Kier molecular flexibility index (Phi) is 10.6. The van der Waals surface area contributed by atoms with E-state index in [1.54, 1.807) is 13.3 Å². The average Bonchev–Trinajstić information content (AvgIpc) is 3.54. The molecule has 0 aliphatic carbocycles. The lowest BCUT2D eigenvalue weighted by molar-refractivity contribution is -0.132. The van der Waals surface area contributed by atoms with Crippen molar-refractivity contribution in [3.63, 3.8) is 0 Å². The van der Waals surface area contributed by atoms with Gasteiger partial charge in [0.05, 0.1) is 7.11 Å². The normalized spacial score (nSPS) is 17.2. The number of benzene rings is 1. The van der Waals surface area contributed by atoms with Crippen molar-refractivity contribution < 1.29 is 12.3 Å². The number of H-pyrrole nitrogens is 1. The number of hydrogen-bond donors (Lipinski definition) is 1. The first kappa shape index (κ1) is 23.8. The summed E-state index contributed by atoms with van der Waals surface area (Å²) in [5, 5.41) is 0.829. The summed E-state index contributed by atoms with van der Waals surface area (Å²) in [6.07, 6.45) is 19.0. The predicted molar refractivity (Wildman–Crippen MR) is 144 cm³/mol. The van der Waals surface area contributed by atoms with Crippen LogP contribution in [0.15, 0.2) is 24.4 Å². The summed E-state index contributed by atoms with van der Waals surface area (Å²) in [6.45, 7) is 2.93. The maximum atomic E-state index is 13.1. The predicted octanol–water partition coefficient (Wildman–Crippen LogP) is 8.19. The molecule has 1 fully saturated rings. The van der Waals surface area contributed by atoms with E-state index in [-0.39, 0.29) is 5.91 Å². The van der Waals surface area contributed by atoms with Crippen molar-refractivity contribution in [3.8, 4) is 5.75 Å². The summed E-state index contributed by atoms with van der Waals surface area (Å²) >= 11 is 0. The zero-order valence-corrected chi connectivity index (χ0v) is 21.7. The van der Waals surface area contributed by atoms with Gasteiger partial charge >= 0.3 is 0 Å². The summed E-state index contributed by atoms with van der Waals surface area (Å²) in [5.41, 5.74) is 1.50. The van der Waals surface area contributed by atoms with Crippen LogP contribution in [0.4, 0.5) is 0 Å². The van der Waals surface area contributed by atoms with E-state index in [0.717, 1.165) is 30.2 Å². The van der Waals surface area contributed by atoms with Crippen LogP contribution in [0.1, 0.15) is 118 Å². The molecular weight excluding hydrogens is 420 g/mol. The summed E-state index contributed by atoms with van der Waals surface area (Å²) < 4.78 is 23.4. The topological polar surface area (TPSA) is 45.3 Å². The van der Waals surface area contributed by atoms with Crippen molar-refractivity contribution in [1.82, 2.24) is 9.88 Å². The number of aromatic nitrogens is 1. The van der Waals surface area contributed by atoms with Crippen LogP contribution in [0, 0.1) is 0 Å². The number of amides is 1. The van der Waals surface area contributed by atoms with Gasteiger partial charge in [0.25, 0.3) is 0 Å². The van der Waals surface area contributed by atoms with Gasteiger partial charge in [0.2, 0.25) is 5.91 Å². The average molecular weight is 471 g/mol. The Bertz CT molecular complexity index is 927. The Morgan fingerprint density at radius 3 is 2.32 bits per heavy atom. The van der Waals surface area contributed by atoms with Crippen LogP contribution in [-0.4, -0.2) is 35.5 Å². The fraction of sp³-hybridized carbons (Fsp3) is 0.700. The van der Waals surface area contributed by atoms with Gasteiger partial charge in [-0.25, -0.2) is 0 Å². The third kappa shape index (κ3) is 8.36. The molecule has 3 rings (SSSR count). The molecule has 190 valence electrons. The fourth-order valence-electron chi connectivity index (χ4n) is 5.18. The van der Waals surface area contributed by atoms with Gasteiger partial charge in [-0.15, -0.1) is 0 Å². The highest BCUT2D eigenvalue weighted by Gasteiger charge is 2.29. The second-order valence-electron chi connectivity index (χ2n) is 10.00. The molecule has 1 aliphatic rings. The fourth-order valence-corrected chi connectivity index (χ4v) is 5.18. The molecule has 2 heterocycles. The quantitative estimate of drug-likeness (QED) is 0.237. The van der Waals surface area contributed by atoms with E-state index in [9.17, 15) is 4.79 Å². The third-order valence-electron chi connectivity index (χ3n) is 7.28. The zero-order chi connectivity index (χ0) is 25.8. The lowest BCUT2D eigenvalue weighted by Gasteiger charge is -2.25. The van der Waals surface area contributed by atoms with Crippen LogP contribution in [0.25, 0.3) is 10.9 Å². The molecule has 1 N–H and O–H groups in total. The van der Waals surface area contributed by atoms with Crippen LogP contribution in [0.3, 0.4) is 0 Å². The number of methoxy groups -OCH3 is 1. The number of nitrogens with zero attached hydrogens (tertiary/aromatic N) is 1. The lowest BCUT2D eigenvalue weighted by Crippen LogP contribution is -2.36. The summed E-state index contributed by atoms with van der Waals surface area (Å²) in [7, 11) is 1.62. The minimum atomic E-state index is -1.62. The van der Waals surface area contributed by atoms with Crippen molar-refractivity contribution in [3.05, 3.63) is 30.0 Å². The van der Waals surface area contributed by atoms with Crippen LogP contribution in [0.5, 0.6) is 5.75 Å². The van der Waals surface area contributed by atoms with E-state index in [2.05, 4.69) is 11.9 Å². The Morgan fingerprint density at radius 2 is 1.68 bits per heavy atom. The van der Waals surface area contributed by atoms with E-state index >= 15 is 0 Å². The number of fused-ring (bicyclic) bond motifs is 1. The van der Waals surface area contributed by atoms with Gasteiger partial charge in [0.15, 0.2) is 0 Å². The summed E-state index contributed by atoms with van der Waals surface area (Å²) in [4.78, 5) is 18.1. The first-order valence-corrected chi connectivity index (χ1v) is 13.9. The first-order valence-electron chi connectivity index (χ1n) is 14.9. The van der Waals surface area contributed by atoms with Gasteiger partial charge < -0.3 is 14.6 Å². The molecule has 0 spiro atoms. The van der Waals surface area contributed by atoms with Crippen LogP contribution in [-0.2, 0) is 11.2 Å². The molecule has 1 aromatic heterocycles. The maximum absolute atomic E-state index is 13.1. The summed E-state index contributed by atoms with van der Waals surface area (Å²) in [5.74, 6) is 0.822. The van der Waals surface area contributed by atoms with Crippen molar-refractivity contribution in [2.24, 2.45) is 0 Å². The van der Waals surface area contributed by atoms with Crippen molar-refractivity contribution >= 4 is 16.8 Å². The number of rotatable bonds is 17. The van der Waals surface area contributed by atoms with E-state index < -0.39 is 12.4 Å². The van der Waals surface area contributed by atoms with Crippen molar-refractivity contribution in [2.45, 2.75) is 122 Å². The first-order chi connectivity index (χ1) is 17.5. The van der Waals surface area contributed by atoms with E-state index in [0.29, 0.717) is 30.7 Å². The molecule has 1 amide bonds. The molecule has 34 heavy (non-hydrogen) atoms. The number of nitrogens with one attached hydrogen (secondary N) is 1. The van der Waals surface area contributed by atoms with Crippen LogP contribution >= 0.6 is 0 Å². The minimum Gasteiger partial charge on any atom is -0.497 e. The molecule has 0 unspecified atom stereocenters. The second kappa shape index (κ2) is 15.1. The molecule has 1 aromatic carbocycles. The SMILES string of the molecule is [2H]C([2H])(c1c[nH]c2ccc(OC)cc12)[C@H]1CCCN1C(=O)CCCCCCCCCCCCCCC. The molecule has 0 bridgehead atoms. The van der Waals surface area contributed by atoms with Gasteiger partial charge in [0.1, 0.15) is 5.75 Å². The zero-order valence-electron chi connectivity index (χ0n) is 23.7. The highest BCUT2D eigenvalue weighted by molar-refractivity contribution is 5.85. The number of hydrogen-bond acceptors (Lipinski definition) is 2. The molecule has 0 saturated carbocycles. The highest BCUT2D eigenvalue weighted by Crippen LogP contribution is 2.28. The Balaban J connectivity index is 1.38. The Morgan fingerprint density at radius 1 is 1.03 bits per heavy atom. The number of unbranched alkanes of at least 4 members (excludes halogenated alkanes) is 12. The van der Waals surface area contributed by atoms with Crippen molar-refractivity contribution in [2.75, 3.05) is 13.7 Å². The van der Waals surface area contributed by atoms with Gasteiger partial charge in [-0.1, -0.05) is 84.0 Å². The van der Waals surface area contributed by atoms with E-state index in [4.69, 9.17) is 7.48 Å². The Labute approximate surface area is 210 Å².